The highest BCUT2D eigenvalue weighted by atomic mass is 19.3. The van der Waals surface area contributed by atoms with Crippen molar-refractivity contribution in [2.45, 2.75) is 78.1 Å². The van der Waals surface area contributed by atoms with E-state index in [-0.39, 0.29) is 36.5 Å². The second-order valence-electron chi connectivity index (χ2n) is 9.64. The second kappa shape index (κ2) is 13.3. The molecule has 1 atom stereocenters. The minimum Gasteiger partial charge on any atom is -0.464 e. The van der Waals surface area contributed by atoms with Crippen molar-refractivity contribution in [3.8, 4) is 5.75 Å². The van der Waals surface area contributed by atoms with Gasteiger partial charge in [0.1, 0.15) is 17.4 Å². The van der Waals surface area contributed by atoms with Crippen molar-refractivity contribution in [3.63, 3.8) is 0 Å². The molecule has 0 heterocycles. The fourth-order valence-electron chi connectivity index (χ4n) is 3.98. The molecule has 10 heteroatoms. The lowest BCUT2D eigenvalue weighted by Crippen LogP contribution is -2.46. The summed E-state index contributed by atoms with van der Waals surface area (Å²) in [7, 11) is 0. The molecule has 0 aromatic heterocycles. The zero-order chi connectivity index (χ0) is 26.0. The molecule has 1 unspecified atom stereocenters. The molecule has 0 spiro atoms. The number of carbonyl (C=O) groups is 3. The lowest BCUT2D eigenvalue weighted by molar-refractivity contribution is -0.148. The van der Waals surface area contributed by atoms with Crippen LogP contribution < -0.4 is 15.4 Å². The van der Waals surface area contributed by atoms with Crippen molar-refractivity contribution in [1.29, 1.82) is 0 Å². The number of ether oxygens (including phenoxy) is 3. The summed E-state index contributed by atoms with van der Waals surface area (Å²) < 4.78 is 39.8. The van der Waals surface area contributed by atoms with E-state index in [1.807, 2.05) is 0 Å². The second-order valence-corrected chi connectivity index (χ2v) is 9.64. The third kappa shape index (κ3) is 10.5. The molecule has 2 N–H and O–H groups in total. The molecule has 1 aromatic rings. The minimum absolute atomic E-state index is 0.0234. The number of hydrogen-bond donors (Lipinski definition) is 2. The van der Waals surface area contributed by atoms with Crippen LogP contribution in [0.2, 0.25) is 0 Å². The van der Waals surface area contributed by atoms with Crippen molar-refractivity contribution in [2.75, 3.05) is 13.2 Å². The Morgan fingerprint density at radius 2 is 1.80 bits per heavy atom. The zero-order valence-corrected chi connectivity index (χ0v) is 20.8. The van der Waals surface area contributed by atoms with Crippen LogP contribution in [-0.4, -0.2) is 49.4 Å². The molecule has 2 amide bonds. The van der Waals surface area contributed by atoms with Gasteiger partial charge in [-0.05, 0) is 77.0 Å². The maximum absolute atomic E-state index is 12.9. The lowest BCUT2D eigenvalue weighted by Gasteiger charge is -2.29. The number of alkyl halides is 2. The van der Waals surface area contributed by atoms with E-state index in [0.29, 0.717) is 24.9 Å². The molecular formula is C25H36F2N2O6. The number of hydrogen-bond acceptors (Lipinski definition) is 6. The van der Waals surface area contributed by atoms with Gasteiger partial charge in [0.05, 0.1) is 6.61 Å². The SMILES string of the molecule is CCOC(=O)C(Cc1cccc(OC(F)F)c1)NC(=O)[C@H]1CC[C@H](CNC(=O)OC(C)(C)C)CC1. The summed E-state index contributed by atoms with van der Waals surface area (Å²) in [5.41, 5.74) is -0.00884. The fourth-order valence-corrected chi connectivity index (χ4v) is 3.98. The summed E-state index contributed by atoms with van der Waals surface area (Å²) in [5.74, 6) is -0.884. The van der Waals surface area contributed by atoms with Crippen molar-refractivity contribution in [1.82, 2.24) is 10.6 Å². The third-order valence-electron chi connectivity index (χ3n) is 5.60. The molecule has 0 radical (unpaired) electrons. The van der Waals surface area contributed by atoms with Gasteiger partial charge in [-0.15, -0.1) is 0 Å². The third-order valence-corrected chi connectivity index (χ3v) is 5.60. The van der Waals surface area contributed by atoms with Gasteiger partial charge < -0.3 is 24.8 Å². The quantitative estimate of drug-likeness (QED) is 0.469. The van der Waals surface area contributed by atoms with E-state index in [0.717, 1.165) is 12.8 Å². The summed E-state index contributed by atoms with van der Waals surface area (Å²) in [5, 5.41) is 5.56. The number of esters is 1. The minimum atomic E-state index is -2.96. The summed E-state index contributed by atoms with van der Waals surface area (Å²) >= 11 is 0. The van der Waals surface area contributed by atoms with Crippen molar-refractivity contribution >= 4 is 18.0 Å². The number of benzene rings is 1. The lowest BCUT2D eigenvalue weighted by atomic mass is 9.81. The molecule has 1 saturated carbocycles. The monoisotopic (exact) mass is 498 g/mol. The van der Waals surface area contributed by atoms with Gasteiger partial charge in [-0.3, -0.25) is 4.79 Å². The van der Waals surface area contributed by atoms with Crippen LogP contribution in [0.15, 0.2) is 24.3 Å². The Balaban J connectivity index is 1.90. The Morgan fingerprint density at radius 1 is 1.11 bits per heavy atom. The Labute approximate surface area is 205 Å². The van der Waals surface area contributed by atoms with E-state index in [1.165, 1.54) is 12.1 Å². The number of nitrogens with one attached hydrogen (secondary N) is 2. The van der Waals surface area contributed by atoms with Crippen molar-refractivity contribution < 1.29 is 37.4 Å². The van der Waals surface area contributed by atoms with E-state index in [9.17, 15) is 23.2 Å². The van der Waals surface area contributed by atoms with Crippen molar-refractivity contribution in [3.05, 3.63) is 29.8 Å². The van der Waals surface area contributed by atoms with Crippen LogP contribution in [0.5, 0.6) is 5.75 Å². The highest BCUT2D eigenvalue weighted by molar-refractivity contribution is 5.86. The summed E-state index contributed by atoms with van der Waals surface area (Å²) in [6.07, 6.45) is 2.38. The van der Waals surface area contributed by atoms with E-state index >= 15 is 0 Å². The average Bonchev–Trinajstić information content (AvgIpc) is 2.76. The standard InChI is InChI=1S/C25H36F2N2O6/c1-5-33-22(31)20(14-17-7-6-8-19(13-17)34-23(26)27)29-21(30)18-11-9-16(10-12-18)15-28-24(32)35-25(2,3)4/h6-8,13,16,18,20,23H,5,9-12,14-15H2,1-4H3,(H,28,32)(H,29,30)/t16-,18-,20?. The highest BCUT2D eigenvalue weighted by Crippen LogP contribution is 2.29. The predicted molar refractivity (Wildman–Crippen MR) is 125 cm³/mol. The van der Waals surface area contributed by atoms with Crippen LogP contribution in [0.1, 0.15) is 58.9 Å². The highest BCUT2D eigenvalue weighted by Gasteiger charge is 2.30. The van der Waals surface area contributed by atoms with Crippen LogP contribution >= 0.6 is 0 Å². The summed E-state index contributed by atoms with van der Waals surface area (Å²) in [6.45, 7) is 4.73. The molecule has 0 saturated heterocycles. The van der Waals surface area contributed by atoms with Gasteiger partial charge in [-0.25, -0.2) is 9.59 Å². The van der Waals surface area contributed by atoms with Crippen LogP contribution in [0.3, 0.4) is 0 Å². The molecule has 1 aliphatic carbocycles. The first-order valence-corrected chi connectivity index (χ1v) is 11.9. The predicted octanol–water partition coefficient (Wildman–Crippen LogP) is 4.21. The van der Waals surface area contributed by atoms with Crippen LogP contribution in [0.4, 0.5) is 13.6 Å². The van der Waals surface area contributed by atoms with Gasteiger partial charge in [0.2, 0.25) is 5.91 Å². The average molecular weight is 499 g/mol. The number of halogens is 2. The van der Waals surface area contributed by atoms with Crippen molar-refractivity contribution in [2.24, 2.45) is 11.8 Å². The first kappa shape index (κ1) is 28.3. The number of amides is 2. The van der Waals surface area contributed by atoms with Crippen LogP contribution in [-0.2, 0) is 25.5 Å². The van der Waals surface area contributed by atoms with Gasteiger partial charge in [-0.1, -0.05) is 12.1 Å². The Morgan fingerprint density at radius 3 is 2.40 bits per heavy atom. The molecule has 2 rings (SSSR count). The van der Waals surface area contributed by atoms with Gasteiger partial charge in [0.15, 0.2) is 0 Å². The van der Waals surface area contributed by atoms with E-state index in [1.54, 1.807) is 39.8 Å². The maximum Gasteiger partial charge on any atom is 0.407 e. The summed E-state index contributed by atoms with van der Waals surface area (Å²) in [4.78, 5) is 37.3. The van der Waals surface area contributed by atoms with E-state index in [4.69, 9.17) is 9.47 Å². The normalized spacial score (nSPS) is 18.9. The fraction of sp³-hybridized carbons (Fsp3) is 0.640. The topological polar surface area (TPSA) is 103 Å². The smallest absolute Gasteiger partial charge is 0.407 e. The first-order chi connectivity index (χ1) is 16.5. The number of alkyl carbamates (subject to hydrolysis) is 1. The molecule has 0 aliphatic heterocycles. The molecule has 196 valence electrons. The van der Waals surface area contributed by atoms with Gasteiger partial charge in [-0.2, -0.15) is 8.78 Å². The Bertz CT molecular complexity index is 851. The molecule has 1 aliphatic rings. The van der Waals surface area contributed by atoms with Gasteiger partial charge in [0, 0.05) is 18.9 Å². The number of rotatable bonds is 10. The van der Waals surface area contributed by atoms with Crippen LogP contribution in [0.25, 0.3) is 0 Å². The van der Waals surface area contributed by atoms with Crippen LogP contribution in [0, 0.1) is 11.8 Å². The molecule has 1 aromatic carbocycles. The number of carbonyl (C=O) groups excluding carboxylic acids is 3. The molecule has 0 bridgehead atoms. The molecule has 8 nitrogen and oxygen atoms in total. The van der Waals surface area contributed by atoms with E-state index < -0.39 is 30.3 Å². The summed E-state index contributed by atoms with van der Waals surface area (Å²) in [6, 6.07) is 5.07. The maximum atomic E-state index is 12.9. The molecular weight excluding hydrogens is 462 g/mol. The zero-order valence-electron chi connectivity index (χ0n) is 20.8. The molecule has 1 fully saturated rings. The van der Waals surface area contributed by atoms with E-state index in [2.05, 4.69) is 15.4 Å². The first-order valence-electron chi connectivity index (χ1n) is 11.9. The van der Waals surface area contributed by atoms with Gasteiger partial charge >= 0.3 is 18.7 Å². The Hall–Kier alpha value is -2.91. The molecule has 35 heavy (non-hydrogen) atoms. The Kier molecular flexibility index (Phi) is 10.7. The van der Waals surface area contributed by atoms with Gasteiger partial charge in [0.25, 0.3) is 0 Å². The largest absolute Gasteiger partial charge is 0.464 e.